The lowest BCUT2D eigenvalue weighted by Crippen LogP contribution is -2.47. The Labute approximate surface area is 130 Å². The van der Waals surface area contributed by atoms with E-state index in [-0.39, 0.29) is 12.3 Å². The monoisotopic (exact) mass is 313 g/mol. The van der Waals surface area contributed by atoms with Gasteiger partial charge in [-0.15, -0.1) is 0 Å². The van der Waals surface area contributed by atoms with Crippen LogP contribution in [0, 0.1) is 5.92 Å². The number of thiocarbonyl (C=S) groups is 1. The lowest BCUT2D eigenvalue weighted by Gasteiger charge is -2.12. The predicted molar refractivity (Wildman–Crippen MR) is 86.5 cm³/mol. The minimum Gasteiger partial charge on any atom is -0.361 e. The van der Waals surface area contributed by atoms with Crippen LogP contribution in [-0.2, 0) is 11.2 Å². The summed E-state index contributed by atoms with van der Waals surface area (Å²) in [5.74, 6) is 0.422. The Bertz CT molecular complexity index is 465. The number of carbonyl (C=O) groups is 1. The Morgan fingerprint density at radius 3 is 2.65 bits per heavy atom. The van der Waals surface area contributed by atoms with Crippen molar-refractivity contribution in [1.82, 2.24) is 16.2 Å². The molecule has 0 aromatic heterocycles. The fourth-order valence-corrected chi connectivity index (χ4v) is 1.86. The molecule has 3 N–H and O–H groups in total. The first-order valence-corrected chi connectivity index (χ1v) is 7.33. The number of halogens is 1. The molecule has 1 aromatic rings. The third-order valence-corrected chi connectivity index (χ3v) is 3.25. The predicted octanol–water partition coefficient (Wildman–Crippen LogP) is 2.42. The molecule has 1 aromatic carbocycles. The van der Waals surface area contributed by atoms with E-state index in [1.165, 1.54) is 0 Å². The molecule has 4 nitrogen and oxygen atoms in total. The molecule has 1 amide bonds. The van der Waals surface area contributed by atoms with Crippen LogP contribution in [0.5, 0.6) is 0 Å². The second-order valence-corrected chi connectivity index (χ2v) is 5.70. The zero-order valence-electron chi connectivity index (χ0n) is 11.7. The first-order chi connectivity index (χ1) is 9.49. The van der Waals surface area contributed by atoms with Gasteiger partial charge < -0.3 is 5.32 Å². The normalized spacial score (nSPS) is 10.2. The topological polar surface area (TPSA) is 53.2 Å². The van der Waals surface area contributed by atoms with E-state index in [4.69, 9.17) is 23.8 Å². The molecule has 0 aliphatic carbocycles. The molecule has 0 radical (unpaired) electrons. The molecule has 0 saturated heterocycles. The summed E-state index contributed by atoms with van der Waals surface area (Å²) >= 11 is 11.0. The first-order valence-electron chi connectivity index (χ1n) is 6.55. The molecule has 20 heavy (non-hydrogen) atoms. The summed E-state index contributed by atoms with van der Waals surface area (Å²) in [5.41, 5.74) is 6.00. The van der Waals surface area contributed by atoms with Gasteiger partial charge in [-0.05, 0) is 36.2 Å². The molecule has 0 aliphatic heterocycles. The van der Waals surface area contributed by atoms with Gasteiger partial charge >= 0.3 is 0 Å². The summed E-state index contributed by atoms with van der Waals surface area (Å²) in [6.07, 6.45) is 1.23. The van der Waals surface area contributed by atoms with Crippen LogP contribution >= 0.6 is 23.8 Å². The van der Waals surface area contributed by atoms with Crippen LogP contribution in [0.3, 0.4) is 0 Å². The van der Waals surface area contributed by atoms with Crippen molar-refractivity contribution >= 4 is 34.8 Å². The number of hydrogen-bond acceptors (Lipinski definition) is 2. The van der Waals surface area contributed by atoms with Gasteiger partial charge in [-0.2, -0.15) is 0 Å². The van der Waals surface area contributed by atoms with Crippen molar-refractivity contribution < 1.29 is 4.79 Å². The minimum atomic E-state index is -0.189. The Balaban J connectivity index is 2.26. The van der Waals surface area contributed by atoms with Gasteiger partial charge in [0, 0.05) is 11.6 Å². The fourth-order valence-electron chi connectivity index (χ4n) is 1.50. The highest BCUT2D eigenvalue weighted by atomic mass is 35.5. The smallest absolute Gasteiger partial charge is 0.242 e. The number of nitrogens with one attached hydrogen (secondary N) is 3. The van der Waals surface area contributed by atoms with E-state index in [1.54, 1.807) is 6.07 Å². The number of carbonyl (C=O) groups excluding carboxylic acids is 1. The maximum Gasteiger partial charge on any atom is 0.242 e. The first kappa shape index (κ1) is 16.7. The Kier molecular flexibility index (Phi) is 7.33. The number of hydrogen-bond donors (Lipinski definition) is 3. The SMILES string of the molecule is CC(C)CCNC(=S)NNC(=O)Cc1ccccc1Cl. The average Bonchev–Trinajstić information content (AvgIpc) is 2.39. The van der Waals surface area contributed by atoms with E-state index in [0.29, 0.717) is 16.1 Å². The molecule has 0 heterocycles. The molecule has 6 heteroatoms. The van der Waals surface area contributed by atoms with Crippen molar-refractivity contribution in [1.29, 1.82) is 0 Å². The van der Waals surface area contributed by atoms with Gasteiger partial charge in [0.15, 0.2) is 5.11 Å². The van der Waals surface area contributed by atoms with E-state index in [9.17, 15) is 4.79 Å². The quantitative estimate of drug-likeness (QED) is 0.577. The molecule has 0 atom stereocenters. The molecule has 0 unspecified atom stereocenters. The van der Waals surface area contributed by atoms with Gasteiger partial charge in [-0.3, -0.25) is 15.6 Å². The van der Waals surface area contributed by atoms with Crippen LogP contribution in [0.15, 0.2) is 24.3 Å². The molecule has 0 saturated carbocycles. The fraction of sp³-hybridized carbons (Fsp3) is 0.429. The molecule has 1 rings (SSSR count). The highest BCUT2D eigenvalue weighted by Crippen LogP contribution is 2.14. The highest BCUT2D eigenvalue weighted by molar-refractivity contribution is 7.80. The van der Waals surface area contributed by atoms with Crippen molar-refractivity contribution in [3.05, 3.63) is 34.9 Å². The summed E-state index contributed by atoms with van der Waals surface area (Å²) in [7, 11) is 0. The van der Waals surface area contributed by atoms with E-state index in [0.717, 1.165) is 18.5 Å². The number of hydrazine groups is 1. The largest absolute Gasteiger partial charge is 0.361 e. The standard InChI is InChI=1S/C14H20ClN3OS/c1-10(2)7-8-16-14(20)18-17-13(19)9-11-5-3-4-6-12(11)15/h3-6,10H,7-9H2,1-2H3,(H,17,19)(H2,16,18,20). The van der Waals surface area contributed by atoms with Gasteiger partial charge in [-0.25, -0.2) is 0 Å². The molecule has 0 fully saturated rings. The van der Waals surface area contributed by atoms with Gasteiger partial charge in [0.05, 0.1) is 6.42 Å². The Morgan fingerprint density at radius 2 is 2.00 bits per heavy atom. The number of rotatable bonds is 5. The lowest BCUT2D eigenvalue weighted by molar-refractivity contribution is -0.121. The van der Waals surface area contributed by atoms with Crippen LogP contribution in [0.4, 0.5) is 0 Å². The van der Waals surface area contributed by atoms with Gasteiger partial charge in [-0.1, -0.05) is 43.6 Å². The molecule has 0 bridgehead atoms. The van der Waals surface area contributed by atoms with Crippen molar-refractivity contribution in [2.24, 2.45) is 5.92 Å². The summed E-state index contributed by atoms with van der Waals surface area (Å²) in [6.45, 7) is 5.07. The van der Waals surface area contributed by atoms with Crippen LogP contribution in [-0.4, -0.2) is 17.6 Å². The van der Waals surface area contributed by atoms with Crippen molar-refractivity contribution in [2.75, 3.05) is 6.54 Å². The Hall–Kier alpha value is -1.33. The molecular weight excluding hydrogens is 294 g/mol. The van der Waals surface area contributed by atoms with Gasteiger partial charge in [0.2, 0.25) is 5.91 Å². The number of benzene rings is 1. The summed E-state index contributed by atoms with van der Waals surface area (Å²) in [6, 6.07) is 7.26. The summed E-state index contributed by atoms with van der Waals surface area (Å²) < 4.78 is 0. The van der Waals surface area contributed by atoms with Crippen molar-refractivity contribution in [3.8, 4) is 0 Å². The number of amides is 1. The summed E-state index contributed by atoms with van der Waals surface area (Å²) in [4.78, 5) is 11.7. The van der Waals surface area contributed by atoms with E-state index < -0.39 is 0 Å². The lowest BCUT2D eigenvalue weighted by atomic mass is 10.1. The van der Waals surface area contributed by atoms with E-state index >= 15 is 0 Å². The van der Waals surface area contributed by atoms with Crippen LogP contribution in [0.1, 0.15) is 25.8 Å². The second-order valence-electron chi connectivity index (χ2n) is 4.88. The van der Waals surface area contributed by atoms with Crippen LogP contribution in [0.25, 0.3) is 0 Å². The van der Waals surface area contributed by atoms with Crippen molar-refractivity contribution in [3.63, 3.8) is 0 Å². The zero-order valence-corrected chi connectivity index (χ0v) is 13.3. The molecule has 0 spiro atoms. The van der Waals surface area contributed by atoms with Gasteiger partial charge in [0.25, 0.3) is 0 Å². The maximum absolute atomic E-state index is 11.7. The third kappa shape index (κ3) is 6.73. The second kappa shape index (κ2) is 8.76. The zero-order chi connectivity index (χ0) is 15.0. The highest BCUT2D eigenvalue weighted by Gasteiger charge is 2.06. The minimum absolute atomic E-state index is 0.189. The van der Waals surface area contributed by atoms with Gasteiger partial charge in [0.1, 0.15) is 0 Å². The third-order valence-electron chi connectivity index (χ3n) is 2.63. The molecular formula is C14H20ClN3OS. The summed E-state index contributed by atoms with van der Waals surface area (Å²) in [5, 5.41) is 4.02. The molecule has 0 aliphatic rings. The maximum atomic E-state index is 11.7. The van der Waals surface area contributed by atoms with Crippen LogP contribution in [0.2, 0.25) is 5.02 Å². The van der Waals surface area contributed by atoms with E-state index in [1.807, 2.05) is 18.2 Å². The van der Waals surface area contributed by atoms with Crippen molar-refractivity contribution in [2.45, 2.75) is 26.7 Å². The average molecular weight is 314 g/mol. The Morgan fingerprint density at radius 1 is 1.30 bits per heavy atom. The van der Waals surface area contributed by atoms with Crippen LogP contribution < -0.4 is 16.2 Å². The molecule has 110 valence electrons. The van der Waals surface area contributed by atoms with E-state index in [2.05, 4.69) is 30.0 Å².